The Hall–Kier alpha value is -3.81. The lowest BCUT2D eigenvalue weighted by atomic mass is 9.99. The van der Waals surface area contributed by atoms with Crippen molar-refractivity contribution in [2.45, 2.75) is 90.3 Å². The second-order valence-electron chi connectivity index (χ2n) is 10.7. The molecule has 1 unspecified atom stereocenters. The number of rotatable bonds is 15. The van der Waals surface area contributed by atoms with Crippen molar-refractivity contribution in [3.8, 4) is 22.8 Å². The first-order valence-electron chi connectivity index (χ1n) is 14.8. The fourth-order valence-corrected chi connectivity index (χ4v) is 5.11. The summed E-state index contributed by atoms with van der Waals surface area (Å²) in [5.41, 5.74) is 4.68. The smallest absolute Gasteiger partial charge is 0.425 e. The molecule has 42 heavy (non-hydrogen) atoms. The Kier molecular flexibility index (Phi) is 11.0. The predicted molar refractivity (Wildman–Crippen MR) is 160 cm³/mol. The molecule has 0 radical (unpaired) electrons. The maximum absolute atomic E-state index is 12.9. The van der Waals surface area contributed by atoms with Gasteiger partial charge in [0.15, 0.2) is 6.10 Å². The third-order valence-electron chi connectivity index (χ3n) is 7.49. The van der Waals surface area contributed by atoms with Crippen LogP contribution in [-0.4, -0.2) is 28.2 Å². The van der Waals surface area contributed by atoms with Gasteiger partial charge in [0.2, 0.25) is 5.88 Å². The molecule has 5 nitrogen and oxygen atoms in total. The number of halogens is 3. The molecule has 4 rings (SSSR count). The van der Waals surface area contributed by atoms with Crippen LogP contribution < -0.4 is 9.47 Å². The number of carbonyl (C=O) groups excluding carboxylic acids is 1. The number of ether oxygens (including phenoxy) is 2. The van der Waals surface area contributed by atoms with Crippen LogP contribution in [0.3, 0.4) is 0 Å². The molecule has 0 saturated heterocycles. The van der Waals surface area contributed by atoms with E-state index >= 15 is 0 Å². The van der Waals surface area contributed by atoms with Crippen molar-refractivity contribution in [3.05, 3.63) is 78.1 Å². The second kappa shape index (κ2) is 14.9. The van der Waals surface area contributed by atoms with Gasteiger partial charge in [-0.25, -0.2) is 0 Å². The minimum Gasteiger partial charge on any atom is -0.481 e. The zero-order valence-corrected chi connectivity index (χ0v) is 24.3. The number of nitrogens with zero attached hydrogens (tertiary/aromatic N) is 1. The number of carbonyl (C=O) groups is 1. The number of H-pyrrole nitrogens is 1. The molecule has 0 aliphatic rings. The molecule has 8 heteroatoms. The molecule has 0 aliphatic heterocycles. The average Bonchev–Trinajstić information content (AvgIpc) is 3.34. The molecule has 0 spiro atoms. The summed E-state index contributed by atoms with van der Waals surface area (Å²) in [5.74, 6) is 0.158. The van der Waals surface area contributed by atoms with E-state index in [0.717, 1.165) is 73.0 Å². The molecule has 0 aliphatic carbocycles. The first-order chi connectivity index (χ1) is 20.3. The van der Waals surface area contributed by atoms with Crippen LogP contribution in [0.4, 0.5) is 13.2 Å². The monoisotopic (exact) mass is 580 g/mol. The third kappa shape index (κ3) is 8.60. The Morgan fingerprint density at radius 1 is 0.905 bits per heavy atom. The van der Waals surface area contributed by atoms with Crippen LogP contribution >= 0.6 is 0 Å². The summed E-state index contributed by atoms with van der Waals surface area (Å²) < 4.78 is 49.7. The molecule has 0 saturated carbocycles. The Labute approximate surface area is 245 Å². The van der Waals surface area contributed by atoms with Crippen LogP contribution in [0.15, 0.2) is 67.0 Å². The van der Waals surface area contributed by atoms with E-state index in [2.05, 4.69) is 22.1 Å². The number of aromatic nitrogens is 2. The van der Waals surface area contributed by atoms with Crippen molar-refractivity contribution in [2.24, 2.45) is 0 Å². The molecule has 2 heterocycles. The van der Waals surface area contributed by atoms with Crippen molar-refractivity contribution in [3.63, 3.8) is 0 Å². The lowest BCUT2D eigenvalue weighted by molar-refractivity contribution is -0.189. The molecule has 0 fully saturated rings. The fraction of sp³-hybridized carbons (Fsp3) is 0.412. The molecular weight excluding hydrogens is 541 g/mol. The number of alkyl halides is 3. The van der Waals surface area contributed by atoms with Crippen molar-refractivity contribution in [2.75, 3.05) is 0 Å². The average molecular weight is 581 g/mol. The van der Waals surface area contributed by atoms with Gasteiger partial charge in [0.05, 0.1) is 5.56 Å². The van der Waals surface area contributed by atoms with Crippen LogP contribution in [-0.2, 0) is 17.6 Å². The Morgan fingerprint density at radius 3 is 2.24 bits per heavy atom. The number of esters is 1. The molecule has 2 aromatic carbocycles. The van der Waals surface area contributed by atoms with E-state index in [1.807, 2.05) is 37.5 Å². The number of benzene rings is 2. The van der Waals surface area contributed by atoms with Gasteiger partial charge in [-0.3, -0.25) is 9.78 Å². The number of hydrogen-bond acceptors (Lipinski definition) is 4. The molecule has 224 valence electrons. The topological polar surface area (TPSA) is 64.2 Å². The Bertz CT molecular complexity index is 1420. The van der Waals surface area contributed by atoms with Crippen LogP contribution in [0.2, 0.25) is 0 Å². The maximum atomic E-state index is 12.9. The lowest BCUT2D eigenvalue weighted by Gasteiger charge is -2.17. The molecule has 1 atom stereocenters. The van der Waals surface area contributed by atoms with Crippen molar-refractivity contribution in [1.29, 1.82) is 0 Å². The number of aryl methyl sites for hydroxylation is 2. The summed E-state index contributed by atoms with van der Waals surface area (Å²) in [6.45, 7) is 3.03. The van der Waals surface area contributed by atoms with Gasteiger partial charge >= 0.3 is 12.1 Å². The van der Waals surface area contributed by atoms with Gasteiger partial charge < -0.3 is 14.5 Å². The molecule has 0 bridgehead atoms. The Morgan fingerprint density at radius 2 is 1.57 bits per heavy atom. The zero-order valence-electron chi connectivity index (χ0n) is 24.3. The number of unbranched alkanes of at least 4 members (excludes halogenated alkanes) is 6. The van der Waals surface area contributed by atoms with Crippen molar-refractivity contribution >= 4 is 16.9 Å². The van der Waals surface area contributed by atoms with E-state index in [1.54, 1.807) is 12.1 Å². The highest BCUT2D eigenvalue weighted by molar-refractivity contribution is 6.02. The second-order valence-corrected chi connectivity index (χ2v) is 10.7. The quantitative estimate of drug-likeness (QED) is 0.112. The van der Waals surface area contributed by atoms with Crippen molar-refractivity contribution in [1.82, 2.24) is 9.97 Å². The highest BCUT2D eigenvalue weighted by Gasteiger charge is 2.38. The third-order valence-corrected chi connectivity index (χ3v) is 7.49. The molecule has 2 aromatic heterocycles. The van der Waals surface area contributed by atoms with Crippen molar-refractivity contribution < 1.29 is 27.4 Å². The number of fused-ring (bicyclic) bond motifs is 1. The van der Waals surface area contributed by atoms with Gasteiger partial charge in [0, 0.05) is 29.7 Å². The standard InChI is InChI=1S/C34H39F3N2O3/c1-3-26-13-11-14-29-31(26)32(27-16-18-28(19-17-27)41-24(2)34(35,36)37)33(39-29)42-30(40)15-10-8-6-4-5-7-9-12-25-20-22-38-23-21-25/h11,13-14,16-24,39H,3-10,12,15H2,1-2H3. The highest BCUT2D eigenvalue weighted by Crippen LogP contribution is 2.40. The number of pyridine rings is 1. The summed E-state index contributed by atoms with van der Waals surface area (Å²) in [6, 6.07) is 16.4. The van der Waals surface area contributed by atoms with Gasteiger partial charge in [0.25, 0.3) is 0 Å². The van der Waals surface area contributed by atoms with E-state index in [9.17, 15) is 18.0 Å². The summed E-state index contributed by atoms with van der Waals surface area (Å²) in [4.78, 5) is 20.1. The van der Waals surface area contributed by atoms with E-state index in [4.69, 9.17) is 9.47 Å². The van der Waals surface area contributed by atoms with E-state index < -0.39 is 12.3 Å². The minimum atomic E-state index is -4.45. The van der Waals surface area contributed by atoms with Gasteiger partial charge in [-0.15, -0.1) is 0 Å². The molecule has 0 amide bonds. The van der Waals surface area contributed by atoms with Crippen LogP contribution in [0.1, 0.15) is 76.3 Å². The lowest BCUT2D eigenvalue weighted by Crippen LogP contribution is -2.31. The first kappa shape index (κ1) is 31.1. The molecule has 1 N–H and O–H groups in total. The summed E-state index contributed by atoms with van der Waals surface area (Å²) in [5, 5.41) is 0.934. The minimum absolute atomic E-state index is 0.117. The summed E-state index contributed by atoms with van der Waals surface area (Å²) >= 11 is 0. The van der Waals surface area contributed by atoms with E-state index in [-0.39, 0.29) is 11.7 Å². The van der Waals surface area contributed by atoms with E-state index in [0.29, 0.717) is 12.3 Å². The Balaban J connectivity index is 1.32. The van der Waals surface area contributed by atoms with Gasteiger partial charge in [-0.05, 0) is 79.6 Å². The molecule has 4 aromatic rings. The van der Waals surface area contributed by atoms with Crippen LogP contribution in [0.25, 0.3) is 22.0 Å². The number of aromatic amines is 1. The molecular formula is C34H39F3N2O3. The van der Waals surface area contributed by atoms with Crippen LogP contribution in [0.5, 0.6) is 11.6 Å². The highest BCUT2D eigenvalue weighted by atomic mass is 19.4. The van der Waals surface area contributed by atoms with Gasteiger partial charge in [0.1, 0.15) is 5.75 Å². The normalized spacial score (nSPS) is 12.4. The zero-order chi connectivity index (χ0) is 30.0. The fourth-order valence-electron chi connectivity index (χ4n) is 5.11. The van der Waals surface area contributed by atoms with Gasteiger partial charge in [-0.2, -0.15) is 13.2 Å². The summed E-state index contributed by atoms with van der Waals surface area (Å²) in [7, 11) is 0. The number of hydrogen-bond donors (Lipinski definition) is 1. The SMILES string of the molecule is CCc1cccc2[nH]c(OC(=O)CCCCCCCCCc3ccncc3)c(-c3ccc(OC(C)C(F)(F)F)cc3)c12. The number of nitrogens with one attached hydrogen (secondary N) is 1. The predicted octanol–water partition coefficient (Wildman–Crippen LogP) is 9.39. The van der Waals surface area contributed by atoms with Gasteiger partial charge in [-0.1, -0.05) is 63.3 Å². The first-order valence-corrected chi connectivity index (χ1v) is 14.8. The maximum Gasteiger partial charge on any atom is 0.425 e. The van der Waals surface area contributed by atoms with Crippen LogP contribution in [0, 0.1) is 0 Å². The largest absolute Gasteiger partial charge is 0.481 e. The summed E-state index contributed by atoms with van der Waals surface area (Å²) in [6.07, 6.45) is 6.99. The van der Waals surface area contributed by atoms with E-state index in [1.165, 1.54) is 37.0 Å².